The molecule has 0 heterocycles. The van der Waals surface area contributed by atoms with Crippen molar-refractivity contribution < 1.29 is 0 Å². The van der Waals surface area contributed by atoms with Crippen LogP contribution >= 0.6 is 12.2 Å². The van der Waals surface area contributed by atoms with Crippen molar-refractivity contribution in [1.29, 1.82) is 0 Å². The van der Waals surface area contributed by atoms with Gasteiger partial charge in [-0.2, -0.15) is 0 Å². The minimum Gasteiger partial charge on any atom is -0.229 e. The SMILES string of the molecule is CC(C)C(C)N=C=S. The Bertz CT molecular complexity index is 103. The molecule has 0 aliphatic heterocycles. The summed E-state index contributed by atoms with van der Waals surface area (Å²) in [6, 6.07) is 0.326. The summed E-state index contributed by atoms with van der Waals surface area (Å²) in [6.45, 7) is 6.26. The van der Waals surface area contributed by atoms with Crippen LogP contribution in [-0.4, -0.2) is 11.2 Å². The van der Waals surface area contributed by atoms with Crippen LogP contribution in [0.4, 0.5) is 0 Å². The number of hydrogen-bond acceptors (Lipinski definition) is 2. The summed E-state index contributed by atoms with van der Waals surface area (Å²) < 4.78 is 0. The first-order valence-electron chi connectivity index (χ1n) is 2.75. The second-order valence-corrected chi connectivity index (χ2v) is 2.39. The first-order valence-corrected chi connectivity index (χ1v) is 3.16. The van der Waals surface area contributed by atoms with Gasteiger partial charge in [0.1, 0.15) is 0 Å². The van der Waals surface area contributed by atoms with E-state index in [-0.39, 0.29) is 0 Å². The molecule has 1 atom stereocenters. The van der Waals surface area contributed by atoms with E-state index in [2.05, 4.69) is 36.2 Å². The Morgan fingerprint density at radius 1 is 1.38 bits per heavy atom. The van der Waals surface area contributed by atoms with E-state index in [4.69, 9.17) is 0 Å². The maximum atomic E-state index is 4.43. The molecule has 0 bridgehead atoms. The van der Waals surface area contributed by atoms with Crippen LogP contribution in [0.2, 0.25) is 0 Å². The largest absolute Gasteiger partial charge is 0.229 e. The van der Waals surface area contributed by atoms with Crippen LogP contribution in [0, 0.1) is 5.92 Å². The molecule has 0 rings (SSSR count). The molecule has 0 amide bonds. The summed E-state index contributed by atoms with van der Waals surface area (Å²) in [5.74, 6) is 0.574. The third kappa shape index (κ3) is 2.89. The molecule has 8 heavy (non-hydrogen) atoms. The molecule has 0 saturated carbocycles. The molecular formula is C6H11NS. The molecule has 0 radical (unpaired) electrons. The van der Waals surface area contributed by atoms with Crippen molar-refractivity contribution in [3.05, 3.63) is 0 Å². The minimum atomic E-state index is 0.326. The molecule has 46 valence electrons. The van der Waals surface area contributed by atoms with E-state index in [1.54, 1.807) is 0 Å². The van der Waals surface area contributed by atoms with Crippen LogP contribution in [0.1, 0.15) is 20.8 Å². The predicted octanol–water partition coefficient (Wildman–Crippen LogP) is 2.13. The van der Waals surface area contributed by atoms with Gasteiger partial charge < -0.3 is 0 Å². The van der Waals surface area contributed by atoms with Crippen LogP contribution < -0.4 is 0 Å². The third-order valence-corrected chi connectivity index (χ3v) is 1.33. The van der Waals surface area contributed by atoms with Crippen molar-refractivity contribution in [1.82, 2.24) is 0 Å². The van der Waals surface area contributed by atoms with Crippen molar-refractivity contribution in [2.24, 2.45) is 10.9 Å². The molecule has 0 aliphatic rings. The van der Waals surface area contributed by atoms with Crippen LogP contribution in [0.25, 0.3) is 0 Å². The van der Waals surface area contributed by atoms with Crippen molar-refractivity contribution in [2.45, 2.75) is 26.8 Å². The Balaban J connectivity index is 3.63. The standard InChI is InChI=1S/C6H11NS/c1-5(2)6(3)7-4-8/h5-6H,1-3H3. The van der Waals surface area contributed by atoms with Crippen LogP contribution in [0.3, 0.4) is 0 Å². The predicted molar refractivity (Wildman–Crippen MR) is 39.3 cm³/mol. The van der Waals surface area contributed by atoms with Gasteiger partial charge in [-0.1, -0.05) is 13.8 Å². The third-order valence-electron chi connectivity index (χ3n) is 1.22. The molecule has 1 unspecified atom stereocenters. The lowest BCUT2D eigenvalue weighted by atomic mass is 10.1. The van der Waals surface area contributed by atoms with Gasteiger partial charge in [-0.25, -0.2) is 4.99 Å². The van der Waals surface area contributed by atoms with Gasteiger partial charge in [-0.15, -0.1) is 0 Å². The number of hydrogen-bond donors (Lipinski definition) is 0. The second-order valence-electron chi connectivity index (χ2n) is 2.21. The van der Waals surface area contributed by atoms with Gasteiger partial charge in [0.05, 0.1) is 11.2 Å². The normalized spacial score (nSPS) is 13.0. The summed E-state index contributed by atoms with van der Waals surface area (Å²) in [7, 11) is 0. The number of isothiocyanates is 1. The van der Waals surface area contributed by atoms with E-state index >= 15 is 0 Å². The maximum absolute atomic E-state index is 4.43. The molecular weight excluding hydrogens is 118 g/mol. The van der Waals surface area contributed by atoms with E-state index in [0.717, 1.165) is 0 Å². The number of nitrogens with zero attached hydrogens (tertiary/aromatic N) is 1. The molecule has 0 fully saturated rings. The maximum Gasteiger partial charge on any atom is 0.0597 e. The lowest BCUT2D eigenvalue weighted by molar-refractivity contribution is 0.534. The molecule has 0 spiro atoms. The number of thiocarbonyl (C=S) groups is 1. The average molecular weight is 129 g/mol. The van der Waals surface area contributed by atoms with Gasteiger partial charge in [0, 0.05) is 0 Å². The monoisotopic (exact) mass is 129 g/mol. The molecule has 1 nitrogen and oxygen atoms in total. The molecule has 0 aromatic rings. The summed E-state index contributed by atoms with van der Waals surface area (Å²) in [5.41, 5.74) is 0. The highest BCUT2D eigenvalue weighted by Crippen LogP contribution is 2.02. The minimum absolute atomic E-state index is 0.326. The van der Waals surface area contributed by atoms with Crippen molar-refractivity contribution in [3.63, 3.8) is 0 Å². The topological polar surface area (TPSA) is 12.4 Å². The quantitative estimate of drug-likeness (QED) is 0.411. The molecule has 0 aromatic carbocycles. The summed E-state index contributed by atoms with van der Waals surface area (Å²) >= 11 is 4.43. The summed E-state index contributed by atoms with van der Waals surface area (Å²) in [4.78, 5) is 3.89. The Hall–Kier alpha value is -0.200. The molecule has 0 aromatic heterocycles. The zero-order valence-electron chi connectivity index (χ0n) is 5.51. The number of rotatable bonds is 2. The van der Waals surface area contributed by atoms with E-state index in [9.17, 15) is 0 Å². The fourth-order valence-corrected chi connectivity index (χ4v) is 0.398. The van der Waals surface area contributed by atoms with Gasteiger partial charge in [-0.05, 0) is 25.1 Å². The Kier molecular flexibility index (Phi) is 3.67. The van der Waals surface area contributed by atoms with E-state index in [1.807, 2.05) is 6.92 Å². The van der Waals surface area contributed by atoms with Crippen LogP contribution in [0.5, 0.6) is 0 Å². The van der Waals surface area contributed by atoms with Gasteiger partial charge in [0.15, 0.2) is 0 Å². The fraction of sp³-hybridized carbons (Fsp3) is 0.833. The molecule has 2 heteroatoms. The highest BCUT2D eigenvalue weighted by atomic mass is 32.1. The van der Waals surface area contributed by atoms with Gasteiger partial charge in [-0.3, -0.25) is 0 Å². The van der Waals surface area contributed by atoms with Crippen molar-refractivity contribution >= 4 is 17.4 Å². The van der Waals surface area contributed by atoms with E-state index < -0.39 is 0 Å². The van der Waals surface area contributed by atoms with Crippen LogP contribution in [-0.2, 0) is 0 Å². The smallest absolute Gasteiger partial charge is 0.0597 e. The highest BCUT2D eigenvalue weighted by molar-refractivity contribution is 7.78. The second kappa shape index (κ2) is 3.76. The summed E-state index contributed by atoms with van der Waals surface area (Å²) in [5, 5.41) is 2.36. The van der Waals surface area contributed by atoms with Crippen LogP contribution in [0.15, 0.2) is 4.99 Å². The Labute approximate surface area is 55.8 Å². The Morgan fingerprint density at radius 3 is 2.00 bits per heavy atom. The first-order chi connectivity index (χ1) is 3.68. The molecule has 0 aliphatic carbocycles. The van der Waals surface area contributed by atoms with Crippen molar-refractivity contribution in [3.8, 4) is 0 Å². The lowest BCUT2D eigenvalue weighted by Crippen LogP contribution is -2.05. The lowest BCUT2D eigenvalue weighted by Gasteiger charge is -2.05. The van der Waals surface area contributed by atoms with Gasteiger partial charge in [0.2, 0.25) is 0 Å². The van der Waals surface area contributed by atoms with E-state index in [0.29, 0.717) is 12.0 Å². The highest BCUT2D eigenvalue weighted by Gasteiger charge is 2.01. The zero-order valence-corrected chi connectivity index (χ0v) is 6.33. The van der Waals surface area contributed by atoms with Gasteiger partial charge in [0.25, 0.3) is 0 Å². The van der Waals surface area contributed by atoms with Gasteiger partial charge >= 0.3 is 0 Å². The van der Waals surface area contributed by atoms with E-state index in [1.165, 1.54) is 0 Å². The van der Waals surface area contributed by atoms with Crippen molar-refractivity contribution in [2.75, 3.05) is 0 Å². The Morgan fingerprint density at radius 2 is 1.88 bits per heavy atom. The average Bonchev–Trinajstić information content (AvgIpc) is 1.67. The molecule has 0 N–H and O–H groups in total. The molecule has 0 saturated heterocycles. The zero-order chi connectivity index (χ0) is 6.57. The number of aliphatic imine (C=N–C) groups is 1. The summed E-state index contributed by atoms with van der Waals surface area (Å²) in [6.07, 6.45) is 0. The fourth-order valence-electron chi connectivity index (χ4n) is 0.232. The first kappa shape index (κ1) is 7.80.